The number of fused-ring (bicyclic) bond motifs is 2. The minimum absolute atomic E-state index is 0.384. The van der Waals surface area contributed by atoms with Gasteiger partial charge in [-0.3, -0.25) is 4.98 Å². The largest absolute Gasteiger partial charge is 0.383 e. The molecule has 1 atom stereocenters. The van der Waals surface area contributed by atoms with E-state index in [0.717, 1.165) is 16.7 Å². The molecule has 23 heavy (non-hydrogen) atoms. The maximum absolute atomic E-state index is 10.9. The van der Waals surface area contributed by atoms with Gasteiger partial charge < -0.3 is 9.63 Å². The van der Waals surface area contributed by atoms with Crippen molar-refractivity contribution in [1.82, 2.24) is 10.1 Å². The molecule has 4 rings (SSSR count). The summed E-state index contributed by atoms with van der Waals surface area (Å²) in [6, 6.07) is 9.27. The summed E-state index contributed by atoms with van der Waals surface area (Å²) in [5, 5.41) is 15.7. The number of hydrogen-bond donors (Lipinski definition) is 1. The fraction of sp³-hybridized carbons (Fsp3) is 0.222. The average molecular weight is 327 g/mol. The molecule has 1 N–H and O–H groups in total. The number of hydrogen-bond acceptors (Lipinski definition) is 4. The van der Waals surface area contributed by atoms with Gasteiger partial charge in [-0.1, -0.05) is 28.9 Å². The second-order valence-electron chi connectivity index (χ2n) is 6.27. The standard InChI is InChI=1S/C18H15ClN2O2/c1-18(2)13-7-8-20-9-12(13)16(22)14-15(21-23-17(14)18)10-3-5-11(19)6-4-10/h3-9,16,22H,1-2H3. The Morgan fingerprint density at radius 1 is 1.17 bits per heavy atom. The molecule has 0 saturated carbocycles. The first kappa shape index (κ1) is 14.4. The minimum atomic E-state index is -0.807. The molecule has 0 amide bonds. The van der Waals surface area contributed by atoms with E-state index >= 15 is 0 Å². The van der Waals surface area contributed by atoms with Gasteiger partial charge in [0.05, 0.1) is 11.0 Å². The van der Waals surface area contributed by atoms with Crippen LogP contribution >= 0.6 is 11.6 Å². The second-order valence-corrected chi connectivity index (χ2v) is 6.71. The van der Waals surface area contributed by atoms with Crippen LogP contribution in [-0.4, -0.2) is 15.2 Å². The van der Waals surface area contributed by atoms with E-state index in [0.29, 0.717) is 22.0 Å². The molecule has 2 aromatic heterocycles. The van der Waals surface area contributed by atoms with Crippen molar-refractivity contribution in [1.29, 1.82) is 0 Å². The van der Waals surface area contributed by atoms with Crippen molar-refractivity contribution in [3.8, 4) is 11.3 Å². The molecule has 0 bridgehead atoms. The summed E-state index contributed by atoms with van der Waals surface area (Å²) in [6.07, 6.45) is 2.64. The first-order valence-corrected chi connectivity index (χ1v) is 7.76. The van der Waals surface area contributed by atoms with Crippen LogP contribution in [0.15, 0.2) is 47.2 Å². The Hall–Kier alpha value is -2.17. The Labute approximate surface area is 138 Å². The number of aromatic nitrogens is 2. The second kappa shape index (κ2) is 4.91. The van der Waals surface area contributed by atoms with Crippen LogP contribution in [0.25, 0.3) is 11.3 Å². The Morgan fingerprint density at radius 2 is 1.91 bits per heavy atom. The highest BCUT2D eigenvalue weighted by Crippen LogP contribution is 2.48. The van der Waals surface area contributed by atoms with Crippen molar-refractivity contribution in [3.05, 3.63) is 70.2 Å². The van der Waals surface area contributed by atoms with E-state index in [4.69, 9.17) is 16.1 Å². The van der Waals surface area contributed by atoms with Crippen molar-refractivity contribution in [2.75, 3.05) is 0 Å². The molecule has 1 aliphatic rings. The van der Waals surface area contributed by atoms with E-state index in [2.05, 4.69) is 24.0 Å². The SMILES string of the molecule is CC1(C)c2ccncc2C(O)c2c(-c3ccc(Cl)cc3)noc21. The smallest absolute Gasteiger partial charge is 0.153 e. The van der Waals surface area contributed by atoms with E-state index in [1.807, 2.05) is 18.2 Å². The molecule has 0 saturated heterocycles. The van der Waals surface area contributed by atoms with Crippen LogP contribution in [0.3, 0.4) is 0 Å². The van der Waals surface area contributed by atoms with E-state index in [1.54, 1.807) is 24.5 Å². The van der Waals surface area contributed by atoms with E-state index in [-0.39, 0.29) is 5.41 Å². The molecule has 4 nitrogen and oxygen atoms in total. The highest BCUT2D eigenvalue weighted by molar-refractivity contribution is 6.30. The minimum Gasteiger partial charge on any atom is -0.383 e. The quantitative estimate of drug-likeness (QED) is 0.731. The zero-order valence-corrected chi connectivity index (χ0v) is 13.5. The summed E-state index contributed by atoms with van der Waals surface area (Å²) in [5.41, 5.74) is 3.63. The molecule has 1 unspecified atom stereocenters. The van der Waals surface area contributed by atoms with Gasteiger partial charge in [-0.05, 0) is 37.6 Å². The lowest BCUT2D eigenvalue weighted by Gasteiger charge is -2.32. The van der Waals surface area contributed by atoms with Gasteiger partial charge in [0.15, 0.2) is 5.76 Å². The fourth-order valence-corrected chi connectivity index (χ4v) is 3.42. The number of benzene rings is 1. The lowest BCUT2D eigenvalue weighted by molar-refractivity contribution is 0.202. The van der Waals surface area contributed by atoms with Gasteiger partial charge in [-0.25, -0.2) is 0 Å². The third-order valence-electron chi connectivity index (χ3n) is 4.51. The summed E-state index contributed by atoms with van der Waals surface area (Å²) < 4.78 is 5.65. The Kier molecular flexibility index (Phi) is 3.08. The van der Waals surface area contributed by atoms with Crippen LogP contribution < -0.4 is 0 Å². The molecular weight excluding hydrogens is 312 g/mol. The predicted octanol–water partition coefficient (Wildman–Crippen LogP) is 4.11. The third kappa shape index (κ3) is 2.02. The van der Waals surface area contributed by atoms with Gasteiger partial charge in [0, 0.05) is 28.5 Å². The topological polar surface area (TPSA) is 59.2 Å². The summed E-state index contributed by atoms with van der Waals surface area (Å²) in [6.45, 7) is 4.13. The van der Waals surface area contributed by atoms with Crippen LogP contribution in [0.2, 0.25) is 5.02 Å². The number of aliphatic hydroxyl groups is 1. The monoisotopic (exact) mass is 326 g/mol. The van der Waals surface area contributed by atoms with Gasteiger partial charge in [0.1, 0.15) is 11.8 Å². The van der Waals surface area contributed by atoms with Crippen LogP contribution in [-0.2, 0) is 5.41 Å². The maximum Gasteiger partial charge on any atom is 0.153 e. The predicted molar refractivity (Wildman–Crippen MR) is 87.4 cm³/mol. The van der Waals surface area contributed by atoms with Crippen molar-refractivity contribution < 1.29 is 9.63 Å². The average Bonchev–Trinajstić information content (AvgIpc) is 3.00. The van der Waals surface area contributed by atoms with Gasteiger partial charge in [0.25, 0.3) is 0 Å². The van der Waals surface area contributed by atoms with Gasteiger partial charge in [-0.15, -0.1) is 0 Å². The molecule has 0 spiro atoms. The van der Waals surface area contributed by atoms with Crippen LogP contribution in [0.4, 0.5) is 0 Å². The molecule has 1 aliphatic carbocycles. The van der Waals surface area contributed by atoms with E-state index in [1.165, 1.54) is 0 Å². The zero-order chi connectivity index (χ0) is 16.2. The first-order chi connectivity index (χ1) is 11.0. The third-order valence-corrected chi connectivity index (χ3v) is 4.76. The number of pyridine rings is 1. The first-order valence-electron chi connectivity index (χ1n) is 7.38. The highest BCUT2D eigenvalue weighted by atomic mass is 35.5. The Bertz CT molecular complexity index is 884. The molecular formula is C18H15ClN2O2. The van der Waals surface area contributed by atoms with Crippen LogP contribution in [0, 0.1) is 0 Å². The van der Waals surface area contributed by atoms with Crippen molar-refractivity contribution in [2.45, 2.75) is 25.4 Å². The van der Waals surface area contributed by atoms with E-state index in [9.17, 15) is 5.11 Å². The molecule has 0 aliphatic heterocycles. The molecule has 0 fully saturated rings. The molecule has 3 aromatic rings. The molecule has 5 heteroatoms. The van der Waals surface area contributed by atoms with Gasteiger partial charge in [-0.2, -0.15) is 0 Å². The van der Waals surface area contributed by atoms with Gasteiger partial charge >= 0.3 is 0 Å². The van der Waals surface area contributed by atoms with Crippen LogP contribution in [0.1, 0.15) is 42.4 Å². The molecule has 2 heterocycles. The fourth-order valence-electron chi connectivity index (χ4n) is 3.29. The number of aliphatic hydroxyl groups excluding tert-OH is 1. The van der Waals surface area contributed by atoms with Crippen molar-refractivity contribution in [3.63, 3.8) is 0 Å². The number of halogens is 1. The maximum atomic E-state index is 10.9. The Balaban J connectivity index is 1.95. The number of rotatable bonds is 1. The van der Waals surface area contributed by atoms with Crippen molar-refractivity contribution >= 4 is 11.6 Å². The number of nitrogens with zero attached hydrogens (tertiary/aromatic N) is 2. The van der Waals surface area contributed by atoms with E-state index < -0.39 is 6.10 Å². The normalized spacial score (nSPS) is 18.3. The van der Waals surface area contributed by atoms with Crippen molar-refractivity contribution in [2.24, 2.45) is 0 Å². The summed E-state index contributed by atoms with van der Waals surface area (Å²) in [4.78, 5) is 4.16. The summed E-state index contributed by atoms with van der Waals surface area (Å²) >= 11 is 5.96. The molecule has 116 valence electrons. The van der Waals surface area contributed by atoms with Crippen LogP contribution in [0.5, 0.6) is 0 Å². The summed E-state index contributed by atoms with van der Waals surface area (Å²) in [7, 11) is 0. The lowest BCUT2D eigenvalue weighted by Crippen LogP contribution is -2.28. The highest BCUT2D eigenvalue weighted by Gasteiger charge is 2.42. The molecule has 1 aromatic carbocycles. The zero-order valence-electron chi connectivity index (χ0n) is 12.7. The lowest BCUT2D eigenvalue weighted by atomic mass is 9.71. The summed E-state index contributed by atoms with van der Waals surface area (Å²) in [5.74, 6) is 0.689. The Morgan fingerprint density at radius 3 is 2.65 bits per heavy atom. The van der Waals surface area contributed by atoms with Gasteiger partial charge in [0.2, 0.25) is 0 Å². The molecule has 0 radical (unpaired) electrons.